The molecule has 1 aromatic carbocycles. The minimum atomic E-state index is 0. The first kappa shape index (κ1) is 11.0. The molecule has 2 rings (SSSR count). The molecule has 1 saturated carbocycles. The first-order chi connectivity index (χ1) is 5.78. The van der Waals surface area contributed by atoms with Crippen LogP contribution < -0.4 is 5.32 Å². The highest BCUT2D eigenvalue weighted by Crippen LogP contribution is 2.47. The fourth-order valence-corrected chi connectivity index (χ4v) is 2.29. The van der Waals surface area contributed by atoms with Gasteiger partial charge in [-0.2, -0.15) is 0 Å². The third-order valence-electron chi connectivity index (χ3n) is 2.62. The van der Waals surface area contributed by atoms with Crippen molar-refractivity contribution in [1.82, 2.24) is 5.32 Å². The molecule has 1 aliphatic rings. The van der Waals surface area contributed by atoms with Gasteiger partial charge in [0.2, 0.25) is 0 Å². The summed E-state index contributed by atoms with van der Waals surface area (Å²) < 4.78 is 1.22. The van der Waals surface area contributed by atoms with Gasteiger partial charge in [-0.05, 0) is 31.5 Å². The molecule has 72 valence electrons. The van der Waals surface area contributed by atoms with Crippen LogP contribution in [0.15, 0.2) is 28.7 Å². The number of hydrogen-bond donors (Lipinski definition) is 1. The van der Waals surface area contributed by atoms with Crippen molar-refractivity contribution >= 4 is 28.3 Å². The Balaban J connectivity index is 0.000000845. The molecule has 0 radical (unpaired) electrons. The van der Waals surface area contributed by atoms with Gasteiger partial charge in [-0.3, -0.25) is 0 Å². The van der Waals surface area contributed by atoms with Gasteiger partial charge in [0.1, 0.15) is 0 Å². The van der Waals surface area contributed by atoms with E-state index in [1.807, 2.05) is 7.05 Å². The molecule has 3 heteroatoms. The Morgan fingerprint density at radius 2 is 1.92 bits per heavy atom. The Morgan fingerprint density at radius 3 is 2.38 bits per heavy atom. The number of benzene rings is 1. The second-order valence-electron chi connectivity index (χ2n) is 3.31. The van der Waals surface area contributed by atoms with Gasteiger partial charge in [0, 0.05) is 10.0 Å². The first-order valence-electron chi connectivity index (χ1n) is 4.22. The van der Waals surface area contributed by atoms with Crippen LogP contribution in [0.25, 0.3) is 0 Å². The summed E-state index contributed by atoms with van der Waals surface area (Å²) in [5.41, 5.74) is 1.67. The summed E-state index contributed by atoms with van der Waals surface area (Å²) in [7, 11) is 2.03. The average molecular weight is 263 g/mol. The number of nitrogens with one attached hydrogen (secondary N) is 1. The summed E-state index contributed by atoms with van der Waals surface area (Å²) >= 11 is 3.57. The second-order valence-corrected chi connectivity index (χ2v) is 4.17. The summed E-state index contributed by atoms with van der Waals surface area (Å²) in [5.74, 6) is 0. The van der Waals surface area contributed by atoms with Crippen molar-refractivity contribution in [1.29, 1.82) is 0 Å². The van der Waals surface area contributed by atoms with Gasteiger partial charge >= 0.3 is 0 Å². The Hall–Kier alpha value is -0.0500. The average Bonchev–Trinajstić information content (AvgIpc) is 2.86. The largest absolute Gasteiger partial charge is 0.310 e. The second kappa shape index (κ2) is 3.99. The standard InChI is InChI=1S/C10H12BrN.ClH/c1-12-10(6-7-10)8-4-2-3-5-9(8)11;/h2-5,12H,6-7H2,1H3;1H. The van der Waals surface area contributed by atoms with Crippen LogP contribution in [0.1, 0.15) is 18.4 Å². The molecule has 1 nitrogen and oxygen atoms in total. The highest BCUT2D eigenvalue weighted by Gasteiger charge is 2.43. The molecule has 0 bridgehead atoms. The van der Waals surface area contributed by atoms with Gasteiger partial charge in [0.05, 0.1) is 0 Å². The van der Waals surface area contributed by atoms with Gasteiger partial charge in [0.25, 0.3) is 0 Å². The summed E-state index contributed by atoms with van der Waals surface area (Å²) in [6, 6.07) is 8.44. The van der Waals surface area contributed by atoms with E-state index in [-0.39, 0.29) is 17.9 Å². The predicted octanol–water partition coefficient (Wildman–Crippen LogP) is 3.08. The summed E-state index contributed by atoms with van der Waals surface area (Å²) in [4.78, 5) is 0. The van der Waals surface area contributed by atoms with E-state index in [9.17, 15) is 0 Å². The molecule has 0 aromatic heterocycles. The molecule has 0 atom stereocenters. The van der Waals surface area contributed by atoms with Crippen molar-refractivity contribution in [3.8, 4) is 0 Å². The molecule has 1 aliphatic carbocycles. The Kier molecular flexibility index (Phi) is 3.38. The first-order valence-corrected chi connectivity index (χ1v) is 5.02. The normalized spacial score (nSPS) is 17.7. The van der Waals surface area contributed by atoms with E-state index in [0.29, 0.717) is 0 Å². The van der Waals surface area contributed by atoms with Crippen LogP contribution in [-0.4, -0.2) is 7.05 Å². The fourth-order valence-electron chi connectivity index (χ4n) is 1.63. The summed E-state index contributed by atoms with van der Waals surface area (Å²) in [6.45, 7) is 0. The van der Waals surface area contributed by atoms with Crippen LogP contribution in [0.2, 0.25) is 0 Å². The zero-order chi connectivity index (χ0) is 8.60. The van der Waals surface area contributed by atoms with Crippen LogP contribution >= 0.6 is 28.3 Å². The molecule has 1 aromatic rings. The SMILES string of the molecule is CNC1(c2ccccc2Br)CC1.Cl. The molecule has 0 unspecified atom stereocenters. The van der Waals surface area contributed by atoms with E-state index in [0.717, 1.165) is 0 Å². The zero-order valence-electron chi connectivity index (χ0n) is 7.51. The van der Waals surface area contributed by atoms with Gasteiger partial charge in [0.15, 0.2) is 0 Å². The zero-order valence-corrected chi connectivity index (χ0v) is 9.91. The van der Waals surface area contributed by atoms with E-state index in [2.05, 4.69) is 45.5 Å². The van der Waals surface area contributed by atoms with E-state index in [1.165, 1.54) is 22.9 Å². The van der Waals surface area contributed by atoms with Gasteiger partial charge in [-0.25, -0.2) is 0 Å². The highest BCUT2D eigenvalue weighted by atomic mass is 79.9. The minimum absolute atomic E-state index is 0. The third-order valence-corrected chi connectivity index (χ3v) is 3.31. The lowest BCUT2D eigenvalue weighted by Crippen LogP contribution is -2.24. The summed E-state index contributed by atoms with van der Waals surface area (Å²) in [5, 5.41) is 3.38. The molecule has 13 heavy (non-hydrogen) atoms. The molecule has 0 amide bonds. The quantitative estimate of drug-likeness (QED) is 0.864. The Morgan fingerprint density at radius 1 is 1.31 bits per heavy atom. The molecular formula is C10H13BrClN. The lowest BCUT2D eigenvalue weighted by atomic mass is 10.1. The topological polar surface area (TPSA) is 12.0 Å². The third kappa shape index (κ3) is 1.90. The van der Waals surface area contributed by atoms with Crippen LogP contribution in [0, 0.1) is 0 Å². The van der Waals surface area contributed by atoms with Gasteiger partial charge in [-0.1, -0.05) is 34.1 Å². The maximum absolute atomic E-state index is 3.57. The monoisotopic (exact) mass is 261 g/mol. The van der Waals surface area contributed by atoms with Crippen LogP contribution in [0.5, 0.6) is 0 Å². The minimum Gasteiger partial charge on any atom is -0.310 e. The molecule has 0 saturated heterocycles. The van der Waals surface area contributed by atoms with Crippen LogP contribution in [0.4, 0.5) is 0 Å². The van der Waals surface area contributed by atoms with Crippen molar-refractivity contribution in [2.75, 3.05) is 7.05 Å². The van der Waals surface area contributed by atoms with Crippen LogP contribution in [0.3, 0.4) is 0 Å². The molecule has 1 N–H and O–H groups in total. The van der Waals surface area contributed by atoms with E-state index >= 15 is 0 Å². The lowest BCUT2D eigenvalue weighted by molar-refractivity contribution is 0.583. The highest BCUT2D eigenvalue weighted by molar-refractivity contribution is 9.10. The van der Waals surface area contributed by atoms with Gasteiger partial charge in [-0.15, -0.1) is 12.4 Å². The molecular weight excluding hydrogens is 249 g/mol. The number of hydrogen-bond acceptors (Lipinski definition) is 1. The molecule has 0 heterocycles. The van der Waals surface area contributed by atoms with Crippen molar-refractivity contribution < 1.29 is 0 Å². The summed E-state index contributed by atoms with van der Waals surface area (Å²) in [6.07, 6.45) is 2.51. The molecule has 0 aliphatic heterocycles. The van der Waals surface area contributed by atoms with Crippen molar-refractivity contribution in [3.63, 3.8) is 0 Å². The van der Waals surface area contributed by atoms with Crippen molar-refractivity contribution in [2.45, 2.75) is 18.4 Å². The van der Waals surface area contributed by atoms with E-state index < -0.39 is 0 Å². The fraction of sp³-hybridized carbons (Fsp3) is 0.400. The smallest absolute Gasteiger partial charge is 0.0445 e. The Bertz CT molecular complexity index is 297. The maximum Gasteiger partial charge on any atom is 0.0445 e. The molecule has 0 spiro atoms. The predicted molar refractivity (Wildman–Crippen MR) is 61.4 cm³/mol. The lowest BCUT2D eigenvalue weighted by Gasteiger charge is -2.15. The van der Waals surface area contributed by atoms with Crippen molar-refractivity contribution in [2.24, 2.45) is 0 Å². The number of halogens is 2. The van der Waals surface area contributed by atoms with E-state index in [4.69, 9.17) is 0 Å². The number of rotatable bonds is 2. The Labute approximate surface area is 93.5 Å². The van der Waals surface area contributed by atoms with Crippen molar-refractivity contribution in [3.05, 3.63) is 34.3 Å². The maximum atomic E-state index is 3.57. The molecule has 1 fully saturated rings. The van der Waals surface area contributed by atoms with E-state index in [1.54, 1.807) is 0 Å². The van der Waals surface area contributed by atoms with Crippen LogP contribution in [-0.2, 0) is 5.54 Å². The van der Waals surface area contributed by atoms with Gasteiger partial charge < -0.3 is 5.32 Å².